The molecule has 96 valence electrons. The van der Waals surface area contributed by atoms with Gasteiger partial charge in [-0.1, -0.05) is 6.58 Å². The molecule has 2 aliphatic heterocycles. The van der Waals surface area contributed by atoms with Crippen molar-refractivity contribution in [3.8, 4) is 0 Å². The molecule has 0 aliphatic carbocycles. The van der Waals surface area contributed by atoms with E-state index in [2.05, 4.69) is 6.58 Å². The SMILES string of the molecule is C=C1C(CN)C2CCC1N2C(=O)OC(C)(C)C. The fraction of sp³-hybridized carbons (Fsp3) is 0.769. The highest BCUT2D eigenvalue weighted by Gasteiger charge is 2.51. The molecule has 17 heavy (non-hydrogen) atoms. The first kappa shape index (κ1) is 12.4. The van der Waals surface area contributed by atoms with Gasteiger partial charge in [0.25, 0.3) is 0 Å². The molecule has 2 N–H and O–H groups in total. The smallest absolute Gasteiger partial charge is 0.411 e. The van der Waals surface area contributed by atoms with Gasteiger partial charge in [0, 0.05) is 18.5 Å². The molecule has 0 spiro atoms. The normalized spacial score (nSPS) is 32.1. The molecule has 2 rings (SSSR count). The molecule has 3 unspecified atom stereocenters. The van der Waals surface area contributed by atoms with Gasteiger partial charge in [0.15, 0.2) is 0 Å². The second kappa shape index (κ2) is 4.02. The van der Waals surface area contributed by atoms with E-state index in [9.17, 15) is 4.79 Å². The van der Waals surface area contributed by atoms with Crippen LogP contribution >= 0.6 is 0 Å². The Morgan fingerprint density at radius 2 is 2.18 bits per heavy atom. The highest BCUT2D eigenvalue weighted by Crippen LogP contribution is 2.44. The first-order chi connectivity index (χ1) is 7.85. The van der Waals surface area contributed by atoms with Crippen LogP contribution in [0.25, 0.3) is 0 Å². The second-order valence-electron chi connectivity index (χ2n) is 5.97. The lowest BCUT2D eigenvalue weighted by molar-refractivity contribution is 0.0210. The molecule has 2 bridgehead atoms. The topological polar surface area (TPSA) is 55.6 Å². The maximum Gasteiger partial charge on any atom is 0.411 e. The lowest BCUT2D eigenvalue weighted by Crippen LogP contribution is -2.41. The number of nitrogens with zero attached hydrogens (tertiary/aromatic N) is 1. The first-order valence-electron chi connectivity index (χ1n) is 6.25. The van der Waals surface area contributed by atoms with E-state index < -0.39 is 5.60 Å². The van der Waals surface area contributed by atoms with E-state index in [4.69, 9.17) is 10.5 Å². The molecule has 4 nitrogen and oxygen atoms in total. The van der Waals surface area contributed by atoms with Crippen molar-refractivity contribution in [2.75, 3.05) is 6.54 Å². The predicted octanol–water partition coefficient (Wildman–Crippen LogP) is 1.90. The van der Waals surface area contributed by atoms with Crippen LogP contribution in [0.1, 0.15) is 33.6 Å². The Hall–Kier alpha value is -1.03. The van der Waals surface area contributed by atoms with E-state index >= 15 is 0 Å². The lowest BCUT2D eigenvalue weighted by atomic mass is 9.85. The molecular weight excluding hydrogens is 216 g/mol. The number of fused-ring (bicyclic) bond motifs is 2. The average Bonchev–Trinajstić information content (AvgIpc) is 2.70. The van der Waals surface area contributed by atoms with Gasteiger partial charge < -0.3 is 10.5 Å². The zero-order valence-electron chi connectivity index (χ0n) is 10.9. The van der Waals surface area contributed by atoms with Gasteiger partial charge in [-0.3, -0.25) is 4.90 Å². The third-order valence-corrected chi connectivity index (χ3v) is 3.66. The van der Waals surface area contributed by atoms with E-state index in [0.717, 1.165) is 18.4 Å². The van der Waals surface area contributed by atoms with Crippen LogP contribution in [0.5, 0.6) is 0 Å². The molecule has 0 radical (unpaired) electrons. The minimum Gasteiger partial charge on any atom is -0.444 e. The zero-order valence-corrected chi connectivity index (χ0v) is 10.9. The number of rotatable bonds is 1. The molecule has 2 saturated heterocycles. The molecule has 3 atom stereocenters. The zero-order chi connectivity index (χ0) is 12.8. The van der Waals surface area contributed by atoms with Gasteiger partial charge in [-0.2, -0.15) is 0 Å². The van der Waals surface area contributed by atoms with Crippen LogP contribution in [-0.2, 0) is 4.74 Å². The van der Waals surface area contributed by atoms with Crippen molar-refractivity contribution in [1.82, 2.24) is 4.90 Å². The molecule has 4 heteroatoms. The Morgan fingerprint density at radius 1 is 1.53 bits per heavy atom. The summed E-state index contributed by atoms with van der Waals surface area (Å²) < 4.78 is 5.45. The van der Waals surface area contributed by atoms with Gasteiger partial charge in [0.05, 0.1) is 6.04 Å². The Labute approximate surface area is 103 Å². The van der Waals surface area contributed by atoms with Crippen LogP contribution in [0.2, 0.25) is 0 Å². The average molecular weight is 238 g/mol. The van der Waals surface area contributed by atoms with E-state index in [1.165, 1.54) is 0 Å². The fourth-order valence-corrected chi connectivity index (χ4v) is 2.98. The van der Waals surface area contributed by atoms with Crippen molar-refractivity contribution in [3.63, 3.8) is 0 Å². The summed E-state index contributed by atoms with van der Waals surface area (Å²) in [5.41, 5.74) is 6.42. The number of amides is 1. The number of hydrogen-bond donors (Lipinski definition) is 1. The van der Waals surface area contributed by atoms with Gasteiger partial charge in [0.2, 0.25) is 0 Å². The van der Waals surface area contributed by atoms with Gasteiger partial charge in [-0.25, -0.2) is 4.79 Å². The molecule has 2 fully saturated rings. The summed E-state index contributed by atoms with van der Waals surface area (Å²) in [7, 11) is 0. The first-order valence-corrected chi connectivity index (χ1v) is 6.25. The van der Waals surface area contributed by atoms with Crippen molar-refractivity contribution in [1.29, 1.82) is 0 Å². The van der Waals surface area contributed by atoms with Crippen LogP contribution in [0.4, 0.5) is 4.79 Å². The summed E-state index contributed by atoms with van der Waals surface area (Å²) in [6.07, 6.45) is 1.80. The summed E-state index contributed by atoms with van der Waals surface area (Å²) in [5.74, 6) is 0.251. The predicted molar refractivity (Wildman–Crippen MR) is 66.6 cm³/mol. The Morgan fingerprint density at radius 3 is 2.65 bits per heavy atom. The molecule has 0 aromatic heterocycles. The molecule has 0 saturated carbocycles. The molecule has 2 aliphatic rings. The maximum atomic E-state index is 12.2. The summed E-state index contributed by atoms with van der Waals surface area (Å²) in [6.45, 7) is 10.3. The highest BCUT2D eigenvalue weighted by atomic mass is 16.6. The number of ether oxygens (including phenoxy) is 1. The molecule has 0 aromatic rings. The van der Waals surface area contributed by atoms with E-state index in [1.54, 1.807) is 0 Å². The lowest BCUT2D eigenvalue weighted by Gasteiger charge is -2.27. The standard InChI is InChI=1S/C13H22N2O2/c1-8-9(7-14)11-6-5-10(8)15(11)12(16)17-13(2,3)4/h9-11H,1,5-7,14H2,2-4H3. The largest absolute Gasteiger partial charge is 0.444 e. The van der Waals surface area contributed by atoms with Crippen molar-refractivity contribution in [3.05, 3.63) is 12.2 Å². The van der Waals surface area contributed by atoms with Gasteiger partial charge in [0.1, 0.15) is 5.60 Å². The van der Waals surface area contributed by atoms with Crippen LogP contribution < -0.4 is 5.73 Å². The Bertz CT molecular complexity index is 346. The maximum absolute atomic E-state index is 12.2. The molecule has 0 aromatic carbocycles. The van der Waals surface area contributed by atoms with Crippen molar-refractivity contribution >= 4 is 6.09 Å². The minimum absolute atomic E-state index is 0.142. The number of carbonyl (C=O) groups excluding carboxylic acids is 1. The van der Waals surface area contributed by atoms with Crippen LogP contribution in [-0.4, -0.2) is 35.2 Å². The minimum atomic E-state index is -0.446. The highest BCUT2D eigenvalue weighted by molar-refractivity contribution is 5.71. The summed E-state index contributed by atoms with van der Waals surface area (Å²) in [4.78, 5) is 14.0. The monoisotopic (exact) mass is 238 g/mol. The van der Waals surface area contributed by atoms with Crippen LogP contribution in [0.15, 0.2) is 12.2 Å². The van der Waals surface area contributed by atoms with Crippen LogP contribution in [0.3, 0.4) is 0 Å². The van der Waals surface area contributed by atoms with E-state index in [0.29, 0.717) is 6.54 Å². The third kappa shape index (κ3) is 2.06. The Kier molecular flexibility index (Phi) is 2.94. The summed E-state index contributed by atoms with van der Waals surface area (Å²) in [6, 6.07) is 0.343. The van der Waals surface area contributed by atoms with Gasteiger partial charge in [-0.05, 0) is 39.2 Å². The second-order valence-corrected chi connectivity index (χ2v) is 5.97. The Balaban J connectivity index is 2.13. The number of nitrogens with two attached hydrogens (primary N) is 1. The summed E-state index contributed by atoms with van der Waals surface area (Å²) in [5, 5.41) is 0. The molecular formula is C13H22N2O2. The van der Waals surface area contributed by atoms with Crippen molar-refractivity contribution < 1.29 is 9.53 Å². The quantitative estimate of drug-likeness (QED) is 0.710. The van der Waals surface area contributed by atoms with E-state index in [-0.39, 0.29) is 24.1 Å². The van der Waals surface area contributed by atoms with Crippen molar-refractivity contribution in [2.45, 2.75) is 51.3 Å². The third-order valence-electron chi connectivity index (χ3n) is 3.66. The van der Waals surface area contributed by atoms with Crippen LogP contribution in [0, 0.1) is 5.92 Å². The summed E-state index contributed by atoms with van der Waals surface area (Å²) >= 11 is 0. The molecule has 2 heterocycles. The number of carbonyl (C=O) groups is 1. The van der Waals surface area contributed by atoms with Gasteiger partial charge in [-0.15, -0.1) is 0 Å². The number of hydrogen-bond acceptors (Lipinski definition) is 3. The molecule has 1 amide bonds. The van der Waals surface area contributed by atoms with Crippen molar-refractivity contribution in [2.24, 2.45) is 11.7 Å². The van der Waals surface area contributed by atoms with E-state index in [1.807, 2.05) is 25.7 Å². The fourth-order valence-electron chi connectivity index (χ4n) is 2.98. The van der Waals surface area contributed by atoms with Gasteiger partial charge >= 0.3 is 6.09 Å².